The number of carboxylic acids is 1. The molecule has 2 amide bonds. The molecule has 6 nitrogen and oxygen atoms in total. The molecule has 3 N–H and O–H groups in total. The second-order valence-electron chi connectivity index (χ2n) is 5.82. The lowest BCUT2D eigenvalue weighted by Crippen LogP contribution is -2.54. The third-order valence-corrected chi connectivity index (χ3v) is 4.13. The van der Waals surface area contributed by atoms with Gasteiger partial charge in [0.2, 0.25) is 0 Å². The highest BCUT2D eigenvalue weighted by molar-refractivity contribution is 5.75. The summed E-state index contributed by atoms with van der Waals surface area (Å²) in [5.74, 6) is -1.08. The predicted octanol–water partition coefficient (Wildman–Crippen LogP) is 1.11. The van der Waals surface area contributed by atoms with Crippen LogP contribution in [-0.4, -0.2) is 41.9 Å². The fourth-order valence-corrected chi connectivity index (χ4v) is 2.78. The predicted molar refractivity (Wildman–Crippen MR) is 68.9 cm³/mol. The van der Waals surface area contributed by atoms with Crippen molar-refractivity contribution in [2.75, 3.05) is 13.2 Å². The number of rotatable bonds is 3. The van der Waals surface area contributed by atoms with Gasteiger partial charge in [0, 0.05) is 24.8 Å². The number of nitrogens with one attached hydrogen (secondary N) is 2. The lowest BCUT2D eigenvalue weighted by atomic mass is 9.93. The van der Waals surface area contributed by atoms with E-state index in [1.54, 1.807) is 0 Å². The van der Waals surface area contributed by atoms with E-state index in [2.05, 4.69) is 10.6 Å². The van der Waals surface area contributed by atoms with Crippen molar-refractivity contribution in [2.24, 2.45) is 5.92 Å². The summed E-state index contributed by atoms with van der Waals surface area (Å²) >= 11 is 0. The second kappa shape index (κ2) is 5.77. The zero-order chi connectivity index (χ0) is 13.9. The zero-order valence-electron chi connectivity index (χ0n) is 11.3. The quantitative estimate of drug-likeness (QED) is 0.717. The van der Waals surface area contributed by atoms with Crippen LogP contribution in [-0.2, 0) is 9.53 Å². The van der Waals surface area contributed by atoms with Crippen LogP contribution in [0, 0.1) is 5.92 Å². The number of urea groups is 1. The molecule has 2 fully saturated rings. The number of amides is 2. The maximum Gasteiger partial charge on any atom is 0.315 e. The van der Waals surface area contributed by atoms with Gasteiger partial charge < -0.3 is 20.5 Å². The third-order valence-electron chi connectivity index (χ3n) is 4.13. The molecule has 0 spiro atoms. The molecule has 1 saturated heterocycles. The van der Waals surface area contributed by atoms with Gasteiger partial charge in [0.05, 0.1) is 5.92 Å². The van der Waals surface area contributed by atoms with Gasteiger partial charge in [0.25, 0.3) is 0 Å². The average Bonchev–Trinajstić information content (AvgIpc) is 2.77. The summed E-state index contributed by atoms with van der Waals surface area (Å²) in [7, 11) is 0. The summed E-state index contributed by atoms with van der Waals surface area (Å²) in [5, 5.41) is 14.8. The van der Waals surface area contributed by atoms with Crippen molar-refractivity contribution < 1.29 is 19.4 Å². The topological polar surface area (TPSA) is 87.7 Å². The molecule has 108 valence electrons. The highest BCUT2D eigenvalue weighted by atomic mass is 16.5. The van der Waals surface area contributed by atoms with Crippen LogP contribution >= 0.6 is 0 Å². The van der Waals surface area contributed by atoms with Crippen LogP contribution < -0.4 is 10.6 Å². The van der Waals surface area contributed by atoms with Crippen molar-refractivity contribution in [1.29, 1.82) is 0 Å². The number of carbonyl (C=O) groups is 2. The molecule has 19 heavy (non-hydrogen) atoms. The molecular weight excluding hydrogens is 248 g/mol. The first-order valence-electron chi connectivity index (χ1n) is 6.88. The minimum absolute atomic E-state index is 0.0236. The molecule has 2 aliphatic rings. The van der Waals surface area contributed by atoms with Crippen molar-refractivity contribution in [3.8, 4) is 0 Å². The first kappa shape index (κ1) is 14.1. The summed E-state index contributed by atoms with van der Waals surface area (Å²) in [6.07, 6.45) is 3.53. The van der Waals surface area contributed by atoms with Gasteiger partial charge in [-0.15, -0.1) is 0 Å². The van der Waals surface area contributed by atoms with E-state index in [0.29, 0.717) is 26.1 Å². The van der Waals surface area contributed by atoms with E-state index in [-0.39, 0.29) is 23.5 Å². The van der Waals surface area contributed by atoms with E-state index < -0.39 is 5.97 Å². The first-order valence-corrected chi connectivity index (χ1v) is 6.88. The first-order chi connectivity index (χ1) is 8.98. The van der Waals surface area contributed by atoms with Crippen LogP contribution in [0.3, 0.4) is 0 Å². The van der Waals surface area contributed by atoms with Gasteiger partial charge in [-0.3, -0.25) is 4.79 Å². The van der Waals surface area contributed by atoms with Crippen molar-refractivity contribution in [1.82, 2.24) is 10.6 Å². The third kappa shape index (κ3) is 3.83. The Balaban J connectivity index is 1.77. The molecule has 0 aromatic carbocycles. The molecule has 1 heterocycles. The Bertz CT molecular complexity index is 353. The minimum Gasteiger partial charge on any atom is -0.481 e. The average molecular weight is 270 g/mol. The van der Waals surface area contributed by atoms with Crippen molar-refractivity contribution in [2.45, 2.75) is 50.6 Å². The lowest BCUT2D eigenvalue weighted by molar-refractivity contribution is -0.141. The number of hydrogen-bond donors (Lipinski definition) is 3. The summed E-state index contributed by atoms with van der Waals surface area (Å²) < 4.78 is 5.28. The molecule has 1 aliphatic heterocycles. The molecule has 1 aliphatic carbocycles. The molecule has 0 unspecified atom stereocenters. The van der Waals surface area contributed by atoms with Crippen LogP contribution in [0.25, 0.3) is 0 Å². The SMILES string of the molecule is CC1(NC(=O)N[C@H]2CC[C@@H](C(=O)O)C2)CCOCC1. The van der Waals surface area contributed by atoms with Crippen molar-refractivity contribution in [3.05, 3.63) is 0 Å². The normalized spacial score (nSPS) is 29.7. The fraction of sp³-hybridized carbons (Fsp3) is 0.846. The standard InChI is InChI=1S/C13H22N2O4/c1-13(4-6-19-7-5-13)15-12(18)14-10-3-2-9(8-10)11(16)17/h9-10H,2-8H2,1H3,(H,16,17)(H2,14,15,18)/t9-,10+/m1/s1. The van der Waals surface area contributed by atoms with E-state index in [1.807, 2.05) is 6.92 Å². The van der Waals surface area contributed by atoms with Crippen LogP contribution in [0.1, 0.15) is 39.0 Å². The summed E-state index contributed by atoms with van der Waals surface area (Å²) in [5.41, 5.74) is -0.215. The van der Waals surface area contributed by atoms with Crippen molar-refractivity contribution in [3.63, 3.8) is 0 Å². The van der Waals surface area contributed by atoms with Gasteiger partial charge in [-0.1, -0.05) is 0 Å². The number of aliphatic carboxylic acids is 1. The molecule has 1 saturated carbocycles. The highest BCUT2D eigenvalue weighted by Gasteiger charge is 2.33. The van der Waals surface area contributed by atoms with E-state index >= 15 is 0 Å². The molecule has 0 bridgehead atoms. The highest BCUT2D eigenvalue weighted by Crippen LogP contribution is 2.26. The van der Waals surface area contributed by atoms with Crippen LogP contribution in [0.2, 0.25) is 0 Å². The zero-order valence-corrected chi connectivity index (χ0v) is 11.3. The number of carboxylic acid groups (broad SMARTS) is 1. The van der Waals surface area contributed by atoms with Gasteiger partial charge in [0.15, 0.2) is 0 Å². The Morgan fingerprint density at radius 2 is 1.95 bits per heavy atom. The Hall–Kier alpha value is -1.30. The van der Waals surface area contributed by atoms with Crippen LogP contribution in [0.5, 0.6) is 0 Å². The van der Waals surface area contributed by atoms with Gasteiger partial charge in [-0.25, -0.2) is 4.79 Å². The number of hydrogen-bond acceptors (Lipinski definition) is 3. The molecule has 0 radical (unpaired) electrons. The van der Waals surface area contributed by atoms with Crippen LogP contribution in [0.4, 0.5) is 4.79 Å². The van der Waals surface area contributed by atoms with Gasteiger partial charge in [-0.2, -0.15) is 0 Å². The van der Waals surface area contributed by atoms with E-state index in [4.69, 9.17) is 9.84 Å². The lowest BCUT2D eigenvalue weighted by Gasteiger charge is -2.34. The minimum atomic E-state index is -0.763. The smallest absolute Gasteiger partial charge is 0.315 e. The van der Waals surface area contributed by atoms with E-state index in [1.165, 1.54) is 0 Å². The Morgan fingerprint density at radius 3 is 2.53 bits per heavy atom. The Labute approximate surface area is 112 Å². The summed E-state index contributed by atoms with van der Waals surface area (Å²) in [6.45, 7) is 3.35. The number of ether oxygens (including phenoxy) is 1. The van der Waals surface area contributed by atoms with Gasteiger partial charge in [-0.05, 0) is 39.0 Å². The van der Waals surface area contributed by atoms with E-state index in [9.17, 15) is 9.59 Å². The van der Waals surface area contributed by atoms with Crippen LogP contribution in [0.15, 0.2) is 0 Å². The largest absolute Gasteiger partial charge is 0.481 e. The molecular formula is C13H22N2O4. The summed E-state index contributed by atoms with van der Waals surface area (Å²) in [4.78, 5) is 22.8. The maximum atomic E-state index is 11.9. The molecule has 2 atom stereocenters. The fourth-order valence-electron chi connectivity index (χ4n) is 2.78. The maximum absolute atomic E-state index is 11.9. The molecule has 6 heteroatoms. The monoisotopic (exact) mass is 270 g/mol. The molecule has 2 rings (SSSR count). The second-order valence-corrected chi connectivity index (χ2v) is 5.82. The Kier molecular flexibility index (Phi) is 4.29. The van der Waals surface area contributed by atoms with E-state index in [0.717, 1.165) is 19.3 Å². The van der Waals surface area contributed by atoms with Gasteiger partial charge in [0.1, 0.15) is 0 Å². The molecule has 0 aromatic heterocycles. The summed E-state index contributed by atoms with van der Waals surface area (Å²) in [6, 6.07) is -0.218. The molecule has 0 aromatic rings. The Morgan fingerprint density at radius 1 is 1.26 bits per heavy atom. The number of carbonyl (C=O) groups excluding carboxylic acids is 1. The van der Waals surface area contributed by atoms with Crippen molar-refractivity contribution >= 4 is 12.0 Å². The van der Waals surface area contributed by atoms with Gasteiger partial charge >= 0.3 is 12.0 Å².